The van der Waals surface area contributed by atoms with Crippen LogP contribution in [0.3, 0.4) is 0 Å². The Kier molecular flexibility index (Phi) is 4.06. The van der Waals surface area contributed by atoms with E-state index in [2.05, 4.69) is 0 Å². The number of rotatable bonds is 4. The van der Waals surface area contributed by atoms with Crippen LogP contribution < -0.4 is 5.73 Å². The highest BCUT2D eigenvalue weighted by Gasteiger charge is 2.21. The number of furan rings is 1. The lowest BCUT2D eigenvalue weighted by atomic mass is 10.2. The van der Waals surface area contributed by atoms with Crippen LogP contribution in [0.4, 0.5) is 0 Å². The Bertz CT molecular complexity index is 398. The highest BCUT2D eigenvalue weighted by Crippen LogP contribution is 2.11. The Morgan fingerprint density at radius 3 is 2.56 bits per heavy atom. The number of carbonyl (C=O) groups is 1. The molecule has 5 heteroatoms. The molecule has 1 amide bonds. The standard InChI is InChI=1S/C11H16N2O2S/c1-7(2)13(6-10(12)16)11(14)9-5-4-8(3)15-9/h4-5,7H,6H2,1-3H3,(H2,12,16). The van der Waals surface area contributed by atoms with Crippen molar-refractivity contribution in [2.24, 2.45) is 5.73 Å². The van der Waals surface area contributed by atoms with Crippen LogP contribution in [0.2, 0.25) is 0 Å². The Hall–Kier alpha value is -1.36. The van der Waals surface area contributed by atoms with E-state index in [0.29, 0.717) is 16.5 Å². The average Bonchev–Trinajstić information content (AvgIpc) is 2.59. The van der Waals surface area contributed by atoms with E-state index < -0.39 is 0 Å². The predicted molar refractivity (Wildman–Crippen MR) is 66.4 cm³/mol. The van der Waals surface area contributed by atoms with Gasteiger partial charge in [-0.15, -0.1) is 0 Å². The SMILES string of the molecule is Cc1ccc(C(=O)N(CC(N)=S)C(C)C)o1. The second-order valence-electron chi connectivity index (χ2n) is 3.90. The van der Waals surface area contributed by atoms with Crippen LogP contribution in [0.1, 0.15) is 30.2 Å². The molecule has 2 N–H and O–H groups in total. The molecule has 0 aliphatic heterocycles. The van der Waals surface area contributed by atoms with Crippen LogP contribution in [-0.2, 0) is 0 Å². The minimum absolute atomic E-state index is 0.0272. The predicted octanol–water partition coefficient (Wildman–Crippen LogP) is 1.72. The number of nitrogens with two attached hydrogens (primary N) is 1. The van der Waals surface area contributed by atoms with E-state index in [9.17, 15) is 4.79 Å². The van der Waals surface area contributed by atoms with Crippen molar-refractivity contribution in [3.8, 4) is 0 Å². The molecule has 1 rings (SSSR count). The normalized spacial score (nSPS) is 10.5. The molecule has 88 valence electrons. The van der Waals surface area contributed by atoms with Crippen LogP contribution in [0, 0.1) is 6.92 Å². The summed E-state index contributed by atoms with van der Waals surface area (Å²) in [6.07, 6.45) is 0. The molecule has 1 heterocycles. The molecule has 1 aromatic heterocycles. The van der Waals surface area contributed by atoms with Gasteiger partial charge >= 0.3 is 0 Å². The summed E-state index contributed by atoms with van der Waals surface area (Å²) in [5.74, 6) is 0.848. The third-order valence-corrected chi connectivity index (χ3v) is 2.29. The zero-order chi connectivity index (χ0) is 12.3. The number of carbonyl (C=O) groups excluding carboxylic acids is 1. The highest BCUT2D eigenvalue weighted by molar-refractivity contribution is 7.80. The summed E-state index contributed by atoms with van der Waals surface area (Å²) in [5, 5.41) is 0. The molecule has 0 bridgehead atoms. The van der Waals surface area contributed by atoms with Gasteiger partial charge in [0.25, 0.3) is 5.91 Å². The molecular weight excluding hydrogens is 224 g/mol. The summed E-state index contributed by atoms with van der Waals surface area (Å²) < 4.78 is 5.28. The maximum Gasteiger partial charge on any atom is 0.290 e. The van der Waals surface area contributed by atoms with Gasteiger partial charge in [0.1, 0.15) is 5.76 Å². The van der Waals surface area contributed by atoms with Crippen molar-refractivity contribution >= 4 is 23.1 Å². The number of hydrogen-bond acceptors (Lipinski definition) is 3. The molecule has 16 heavy (non-hydrogen) atoms. The van der Waals surface area contributed by atoms with E-state index in [1.54, 1.807) is 24.0 Å². The number of aryl methyl sites for hydroxylation is 1. The fourth-order valence-electron chi connectivity index (χ4n) is 1.35. The second-order valence-corrected chi connectivity index (χ2v) is 4.43. The summed E-state index contributed by atoms with van der Waals surface area (Å²) in [7, 11) is 0. The highest BCUT2D eigenvalue weighted by atomic mass is 32.1. The Morgan fingerprint density at radius 2 is 2.19 bits per heavy atom. The first-order chi connectivity index (χ1) is 7.41. The molecule has 0 radical (unpaired) electrons. The summed E-state index contributed by atoms with van der Waals surface area (Å²) in [6.45, 7) is 5.88. The molecule has 0 aliphatic rings. The maximum absolute atomic E-state index is 12.1. The van der Waals surface area contributed by atoms with Crippen LogP contribution in [0.5, 0.6) is 0 Å². The molecule has 0 spiro atoms. The van der Waals surface area contributed by atoms with Crippen molar-refractivity contribution in [1.82, 2.24) is 4.90 Å². The van der Waals surface area contributed by atoms with E-state index >= 15 is 0 Å². The molecule has 1 aromatic rings. The van der Waals surface area contributed by atoms with Gasteiger partial charge in [0.2, 0.25) is 0 Å². The van der Waals surface area contributed by atoms with E-state index in [1.807, 2.05) is 13.8 Å². The topological polar surface area (TPSA) is 59.5 Å². The van der Waals surface area contributed by atoms with Crippen LogP contribution in [0.15, 0.2) is 16.5 Å². The van der Waals surface area contributed by atoms with Crippen molar-refractivity contribution in [3.05, 3.63) is 23.7 Å². The molecule has 0 saturated carbocycles. The third-order valence-electron chi connectivity index (χ3n) is 2.16. The molecule has 0 aromatic carbocycles. The molecule has 0 aliphatic carbocycles. The minimum Gasteiger partial charge on any atom is -0.456 e. The average molecular weight is 240 g/mol. The molecular formula is C11H16N2O2S. The zero-order valence-electron chi connectivity index (χ0n) is 9.69. The van der Waals surface area contributed by atoms with Gasteiger partial charge in [-0.1, -0.05) is 12.2 Å². The van der Waals surface area contributed by atoms with Crippen molar-refractivity contribution in [3.63, 3.8) is 0 Å². The summed E-state index contributed by atoms with van der Waals surface area (Å²) in [6, 6.07) is 3.44. The van der Waals surface area contributed by atoms with Crippen LogP contribution in [-0.4, -0.2) is 28.4 Å². The van der Waals surface area contributed by atoms with Gasteiger partial charge in [0, 0.05) is 6.04 Å². The number of amides is 1. The van der Waals surface area contributed by atoms with Crippen molar-refractivity contribution in [2.45, 2.75) is 26.8 Å². The van der Waals surface area contributed by atoms with Crippen molar-refractivity contribution < 1.29 is 9.21 Å². The van der Waals surface area contributed by atoms with Crippen LogP contribution >= 0.6 is 12.2 Å². The summed E-state index contributed by atoms with van der Waals surface area (Å²) in [4.78, 5) is 13.9. The van der Waals surface area contributed by atoms with Gasteiger partial charge < -0.3 is 15.1 Å². The second kappa shape index (κ2) is 5.12. The van der Waals surface area contributed by atoms with Gasteiger partial charge in [-0.05, 0) is 32.9 Å². The van der Waals surface area contributed by atoms with Gasteiger partial charge in [-0.3, -0.25) is 4.79 Å². The minimum atomic E-state index is -0.184. The quantitative estimate of drug-likeness (QED) is 0.814. The third kappa shape index (κ3) is 3.06. The van der Waals surface area contributed by atoms with E-state index in [4.69, 9.17) is 22.4 Å². The first-order valence-electron chi connectivity index (χ1n) is 5.07. The number of thiocarbonyl (C=S) groups is 1. The molecule has 0 atom stereocenters. The van der Waals surface area contributed by atoms with E-state index in [1.165, 1.54) is 0 Å². The lowest BCUT2D eigenvalue weighted by Crippen LogP contribution is -2.42. The fourth-order valence-corrected chi connectivity index (χ4v) is 1.49. The number of hydrogen-bond donors (Lipinski definition) is 1. The molecule has 0 saturated heterocycles. The summed E-state index contributed by atoms with van der Waals surface area (Å²) >= 11 is 4.82. The Morgan fingerprint density at radius 1 is 1.56 bits per heavy atom. The van der Waals surface area contributed by atoms with Gasteiger partial charge in [-0.2, -0.15) is 0 Å². The van der Waals surface area contributed by atoms with Gasteiger partial charge in [0.05, 0.1) is 11.5 Å². The first-order valence-corrected chi connectivity index (χ1v) is 5.48. The van der Waals surface area contributed by atoms with Crippen LogP contribution in [0.25, 0.3) is 0 Å². The van der Waals surface area contributed by atoms with Crippen molar-refractivity contribution in [2.75, 3.05) is 6.54 Å². The molecule has 0 unspecified atom stereocenters. The number of nitrogens with zero attached hydrogens (tertiary/aromatic N) is 1. The van der Waals surface area contributed by atoms with Crippen molar-refractivity contribution in [1.29, 1.82) is 0 Å². The Labute approximate surface area is 100 Å². The van der Waals surface area contributed by atoms with E-state index in [0.717, 1.165) is 0 Å². The van der Waals surface area contributed by atoms with Gasteiger partial charge in [-0.25, -0.2) is 0 Å². The largest absolute Gasteiger partial charge is 0.456 e. The molecule has 4 nitrogen and oxygen atoms in total. The Balaban J connectivity index is 2.87. The zero-order valence-corrected chi connectivity index (χ0v) is 10.5. The fraction of sp³-hybridized carbons (Fsp3) is 0.455. The molecule has 0 fully saturated rings. The van der Waals surface area contributed by atoms with Gasteiger partial charge in [0.15, 0.2) is 5.76 Å². The monoisotopic (exact) mass is 240 g/mol. The maximum atomic E-state index is 12.1. The van der Waals surface area contributed by atoms with E-state index in [-0.39, 0.29) is 18.5 Å². The first kappa shape index (κ1) is 12.7. The smallest absolute Gasteiger partial charge is 0.290 e. The lowest BCUT2D eigenvalue weighted by molar-refractivity contribution is 0.0702. The summed E-state index contributed by atoms with van der Waals surface area (Å²) in [5.41, 5.74) is 5.46. The lowest BCUT2D eigenvalue weighted by Gasteiger charge is -2.25.